The molecule has 0 spiro atoms. The van der Waals surface area contributed by atoms with E-state index in [-0.39, 0.29) is 0 Å². The number of alkyl halides is 1. The van der Waals surface area contributed by atoms with E-state index in [1.165, 1.54) is 0 Å². The summed E-state index contributed by atoms with van der Waals surface area (Å²) in [6.07, 6.45) is 7.42. The van der Waals surface area contributed by atoms with E-state index in [2.05, 4.69) is 25.7 Å². The lowest BCUT2D eigenvalue weighted by atomic mass is 10.3. The van der Waals surface area contributed by atoms with E-state index < -0.39 is 0 Å². The predicted molar refractivity (Wildman–Crippen MR) is 83.5 cm³/mol. The zero-order valence-corrected chi connectivity index (χ0v) is 12.8. The third-order valence-corrected chi connectivity index (χ3v) is 3.64. The summed E-state index contributed by atoms with van der Waals surface area (Å²) >= 11 is 5.89. The first kappa shape index (κ1) is 14.1. The smallest absolute Gasteiger partial charge is 0.160 e. The lowest BCUT2D eigenvalue weighted by Crippen LogP contribution is -2.08. The quantitative estimate of drug-likeness (QED) is 0.658. The molecular weight excluding hydrogens is 286 g/mol. The molecule has 0 atom stereocenters. The zero-order chi connectivity index (χ0) is 14.7. The topological polar surface area (TPSA) is 48.5 Å². The van der Waals surface area contributed by atoms with Crippen molar-refractivity contribution in [1.82, 2.24) is 24.3 Å². The molecule has 3 rings (SSSR count). The molecule has 0 N–H and O–H groups in total. The molecule has 0 aliphatic carbocycles. The highest BCUT2D eigenvalue weighted by atomic mass is 35.5. The Balaban J connectivity index is 1.82. The van der Waals surface area contributed by atoms with Gasteiger partial charge in [0.05, 0.1) is 0 Å². The van der Waals surface area contributed by atoms with Crippen molar-refractivity contribution in [3.63, 3.8) is 0 Å². The van der Waals surface area contributed by atoms with E-state index in [0.717, 1.165) is 48.5 Å². The Kier molecular flexibility index (Phi) is 4.20. The Morgan fingerprint density at radius 1 is 1.29 bits per heavy atom. The van der Waals surface area contributed by atoms with Gasteiger partial charge in [-0.05, 0) is 31.0 Å². The summed E-state index contributed by atoms with van der Waals surface area (Å²) in [5.41, 5.74) is 3.02. The van der Waals surface area contributed by atoms with E-state index in [0.29, 0.717) is 5.88 Å². The largest absolute Gasteiger partial charge is 0.313 e. The minimum atomic E-state index is 0.571. The normalized spacial score (nSPS) is 11.3. The number of imidazole rings is 1. The molecule has 0 radical (unpaired) electrons. The number of aryl methyl sites for hydroxylation is 4. The molecule has 3 aromatic rings. The summed E-state index contributed by atoms with van der Waals surface area (Å²) in [5.74, 6) is 1.58. The number of aromatic nitrogens is 5. The van der Waals surface area contributed by atoms with Crippen LogP contribution in [0, 0.1) is 6.92 Å². The fraction of sp³-hybridized carbons (Fsp3) is 0.400. The van der Waals surface area contributed by atoms with Gasteiger partial charge in [-0.3, -0.25) is 4.68 Å². The molecule has 0 saturated heterocycles. The van der Waals surface area contributed by atoms with Crippen LogP contribution in [-0.4, -0.2) is 30.2 Å². The average molecular weight is 304 g/mol. The van der Waals surface area contributed by atoms with Gasteiger partial charge in [0.1, 0.15) is 11.3 Å². The average Bonchev–Trinajstić information content (AvgIpc) is 3.08. The molecule has 21 heavy (non-hydrogen) atoms. The molecule has 0 aliphatic rings. The van der Waals surface area contributed by atoms with Crippen LogP contribution >= 0.6 is 11.6 Å². The SMILES string of the molecule is Cc1cnc2c(c1)nc(CCCl)n2CCCn1cccn1. The maximum absolute atomic E-state index is 5.89. The van der Waals surface area contributed by atoms with Crippen molar-refractivity contribution in [2.75, 3.05) is 5.88 Å². The highest BCUT2D eigenvalue weighted by Crippen LogP contribution is 2.17. The van der Waals surface area contributed by atoms with Crippen molar-refractivity contribution in [3.05, 3.63) is 42.1 Å². The Bertz CT molecular complexity index is 717. The van der Waals surface area contributed by atoms with Gasteiger partial charge in [-0.2, -0.15) is 5.10 Å². The van der Waals surface area contributed by atoms with Gasteiger partial charge in [0.25, 0.3) is 0 Å². The first-order valence-corrected chi connectivity index (χ1v) is 7.66. The number of nitrogens with zero attached hydrogens (tertiary/aromatic N) is 5. The van der Waals surface area contributed by atoms with Gasteiger partial charge in [0.2, 0.25) is 0 Å². The predicted octanol–water partition coefficient (Wildman–Crippen LogP) is 2.81. The number of rotatable bonds is 6. The highest BCUT2D eigenvalue weighted by molar-refractivity contribution is 6.17. The zero-order valence-electron chi connectivity index (χ0n) is 12.0. The van der Waals surface area contributed by atoms with Crippen LogP contribution in [0.25, 0.3) is 11.2 Å². The monoisotopic (exact) mass is 303 g/mol. The minimum Gasteiger partial charge on any atom is -0.313 e. The summed E-state index contributed by atoms with van der Waals surface area (Å²) in [6, 6.07) is 4.01. The van der Waals surface area contributed by atoms with Crippen LogP contribution in [0.2, 0.25) is 0 Å². The fourth-order valence-corrected chi connectivity index (χ4v) is 2.66. The molecule has 0 aromatic carbocycles. The minimum absolute atomic E-state index is 0.571. The van der Waals surface area contributed by atoms with Gasteiger partial charge in [0, 0.05) is 44.0 Å². The number of halogens is 1. The molecule has 0 fully saturated rings. The molecule has 0 amide bonds. The maximum Gasteiger partial charge on any atom is 0.160 e. The van der Waals surface area contributed by atoms with Crippen LogP contribution in [0.3, 0.4) is 0 Å². The summed E-state index contributed by atoms with van der Waals surface area (Å²) in [5, 5.41) is 4.22. The third kappa shape index (κ3) is 3.08. The first-order valence-electron chi connectivity index (χ1n) is 7.13. The first-order chi connectivity index (χ1) is 10.3. The molecular formula is C15H18ClN5. The van der Waals surface area contributed by atoms with Gasteiger partial charge in [-0.25, -0.2) is 9.97 Å². The molecule has 5 nitrogen and oxygen atoms in total. The van der Waals surface area contributed by atoms with Crippen LogP contribution in [0.5, 0.6) is 0 Å². The van der Waals surface area contributed by atoms with Crippen LogP contribution in [0.15, 0.2) is 30.7 Å². The van der Waals surface area contributed by atoms with Gasteiger partial charge in [-0.15, -0.1) is 11.6 Å². The fourth-order valence-electron chi connectivity index (χ4n) is 2.49. The highest BCUT2D eigenvalue weighted by Gasteiger charge is 2.11. The van der Waals surface area contributed by atoms with Crippen molar-refractivity contribution in [2.45, 2.75) is 32.9 Å². The van der Waals surface area contributed by atoms with Crippen LogP contribution in [0.1, 0.15) is 17.8 Å². The Hall–Kier alpha value is -1.88. The van der Waals surface area contributed by atoms with Gasteiger partial charge < -0.3 is 4.57 Å². The number of pyridine rings is 1. The second-order valence-electron chi connectivity index (χ2n) is 5.10. The number of hydrogen-bond donors (Lipinski definition) is 0. The Morgan fingerprint density at radius 2 is 2.19 bits per heavy atom. The summed E-state index contributed by atoms with van der Waals surface area (Å²) in [7, 11) is 0. The van der Waals surface area contributed by atoms with Gasteiger partial charge >= 0.3 is 0 Å². The number of hydrogen-bond acceptors (Lipinski definition) is 3. The van der Waals surface area contributed by atoms with Crippen molar-refractivity contribution >= 4 is 22.8 Å². The van der Waals surface area contributed by atoms with Crippen LogP contribution < -0.4 is 0 Å². The van der Waals surface area contributed by atoms with E-state index in [9.17, 15) is 0 Å². The molecule has 3 heterocycles. The molecule has 0 bridgehead atoms. The van der Waals surface area contributed by atoms with E-state index in [1.54, 1.807) is 6.20 Å². The molecule has 0 aliphatic heterocycles. The summed E-state index contributed by atoms with van der Waals surface area (Å²) in [6.45, 7) is 3.79. The van der Waals surface area contributed by atoms with Crippen molar-refractivity contribution in [1.29, 1.82) is 0 Å². The molecule has 6 heteroatoms. The summed E-state index contributed by atoms with van der Waals surface area (Å²) in [4.78, 5) is 9.21. The van der Waals surface area contributed by atoms with E-state index >= 15 is 0 Å². The molecule has 110 valence electrons. The molecule has 0 saturated carbocycles. The second kappa shape index (κ2) is 6.26. The van der Waals surface area contributed by atoms with Gasteiger partial charge in [-0.1, -0.05) is 0 Å². The second-order valence-corrected chi connectivity index (χ2v) is 5.47. The maximum atomic E-state index is 5.89. The lowest BCUT2D eigenvalue weighted by molar-refractivity contribution is 0.523. The van der Waals surface area contributed by atoms with E-state index in [1.807, 2.05) is 30.1 Å². The number of fused-ring (bicyclic) bond motifs is 1. The Labute approximate surface area is 128 Å². The van der Waals surface area contributed by atoms with Crippen molar-refractivity contribution in [2.24, 2.45) is 0 Å². The van der Waals surface area contributed by atoms with Crippen LogP contribution in [0.4, 0.5) is 0 Å². The Morgan fingerprint density at radius 3 is 2.95 bits per heavy atom. The van der Waals surface area contributed by atoms with Gasteiger partial charge in [0.15, 0.2) is 5.65 Å². The summed E-state index contributed by atoms with van der Waals surface area (Å²) < 4.78 is 4.12. The standard InChI is InChI=1S/C15H18ClN5/c1-12-10-13-15(17-11-12)21(14(19-13)4-5-16)9-3-8-20-7-2-6-18-20/h2,6-7,10-11H,3-5,8-9H2,1H3. The molecule has 0 unspecified atom stereocenters. The van der Waals surface area contributed by atoms with E-state index in [4.69, 9.17) is 11.6 Å². The van der Waals surface area contributed by atoms with Crippen molar-refractivity contribution in [3.8, 4) is 0 Å². The lowest BCUT2D eigenvalue weighted by Gasteiger charge is -2.08. The molecule has 3 aromatic heterocycles. The van der Waals surface area contributed by atoms with Crippen LogP contribution in [-0.2, 0) is 19.5 Å². The third-order valence-electron chi connectivity index (χ3n) is 3.45. The van der Waals surface area contributed by atoms with Crippen molar-refractivity contribution < 1.29 is 0 Å².